The quantitative estimate of drug-likeness (QED) is 0.598. The fourth-order valence-corrected chi connectivity index (χ4v) is 2.83. The van der Waals surface area contributed by atoms with Crippen LogP contribution in [0.3, 0.4) is 0 Å². The molecule has 0 atom stereocenters. The summed E-state index contributed by atoms with van der Waals surface area (Å²) in [6.07, 6.45) is 3.45. The Labute approximate surface area is 140 Å². The summed E-state index contributed by atoms with van der Waals surface area (Å²) in [5, 5.41) is 12.0. The molecule has 0 aliphatic heterocycles. The van der Waals surface area contributed by atoms with E-state index in [0.717, 1.165) is 17.0 Å². The van der Waals surface area contributed by atoms with E-state index in [9.17, 15) is 4.79 Å². The Balaban J connectivity index is 2.19. The van der Waals surface area contributed by atoms with E-state index in [1.807, 2.05) is 29.7 Å². The van der Waals surface area contributed by atoms with E-state index >= 15 is 0 Å². The van der Waals surface area contributed by atoms with Crippen LogP contribution in [0.1, 0.15) is 5.56 Å². The fraction of sp³-hybridized carbons (Fsp3) is 0.235. The third kappa shape index (κ3) is 4.56. The Kier molecular flexibility index (Phi) is 6.17. The Morgan fingerprint density at radius 2 is 2.17 bits per heavy atom. The lowest BCUT2D eigenvalue weighted by atomic mass is 10.1. The second-order valence-corrected chi connectivity index (χ2v) is 5.90. The van der Waals surface area contributed by atoms with Crippen molar-refractivity contribution >= 4 is 17.7 Å². The van der Waals surface area contributed by atoms with Crippen LogP contribution in [0, 0.1) is 6.92 Å². The molecule has 0 bridgehead atoms. The van der Waals surface area contributed by atoms with Crippen molar-refractivity contribution in [3.63, 3.8) is 0 Å². The Bertz CT molecular complexity index is 708. The fourth-order valence-electron chi connectivity index (χ4n) is 2.05. The average Bonchev–Trinajstić information content (AvgIpc) is 2.94. The molecule has 1 N–H and O–H groups in total. The largest absolute Gasteiger partial charge is 0.352 e. The molecule has 0 aliphatic carbocycles. The van der Waals surface area contributed by atoms with E-state index in [-0.39, 0.29) is 11.7 Å². The number of carbonyl (C=O) groups excluding carboxylic acids is 1. The third-order valence-corrected chi connectivity index (χ3v) is 4.05. The first kappa shape index (κ1) is 17.0. The second kappa shape index (κ2) is 8.33. The maximum Gasteiger partial charge on any atom is 0.230 e. The first-order valence-corrected chi connectivity index (χ1v) is 8.25. The third-order valence-electron chi connectivity index (χ3n) is 3.08. The van der Waals surface area contributed by atoms with Gasteiger partial charge in [-0.1, -0.05) is 47.7 Å². The highest BCUT2D eigenvalue weighted by Gasteiger charge is 2.14. The number of benzene rings is 1. The molecule has 2 aromatic rings. The minimum absolute atomic E-state index is 0.0554. The summed E-state index contributed by atoms with van der Waals surface area (Å²) in [5.41, 5.74) is 2.16. The molecular weight excluding hydrogens is 308 g/mol. The Morgan fingerprint density at radius 3 is 2.87 bits per heavy atom. The average molecular weight is 328 g/mol. The zero-order valence-electron chi connectivity index (χ0n) is 13.2. The molecule has 0 aliphatic rings. The highest BCUT2D eigenvalue weighted by molar-refractivity contribution is 7.99. The number of allylic oxidation sites excluding steroid dienone is 1. The first-order chi connectivity index (χ1) is 11.2. The number of nitrogens with zero attached hydrogens (tertiary/aromatic N) is 3. The molecule has 120 valence electrons. The van der Waals surface area contributed by atoms with Crippen molar-refractivity contribution in [1.82, 2.24) is 20.1 Å². The minimum Gasteiger partial charge on any atom is -0.352 e. The van der Waals surface area contributed by atoms with Crippen LogP contribution in [-0.2, 0) is 11.3 Å². The SMILES string of the molecule is C=CCNC(=O)CSc1nnc(-c2cccc(C)c2)n1CC=C. The number of aromatic nitrogens is 3. The summed E-state index contributed by atoms with van der Waals surface area (Å²) in [6, 6.07) is 8.10. The molecule has 0 spiro atoms. The van der Waals surface area contributed by atoms with Gasteiger partial charge < -0.3 is 5.32 Å². The van der Waals surface area contributed by atoms with Gasteiger partial charge >= 0.3 is 0 Å². The lowest BCUT2D eigenvalue weighted by molar-refractivity contribution is -0.118. The molecular formula is C17H20N4OS. The van der Waals surface area contributed by atoms with Crippen molar-refractivity contribution in [2.75, 3.05) is 12.3 Å². The molecule has 0 fully saturated rings. The van der Waals surface area contributed by atoms with Crippen LogP contribution in [-0.4, -0.2) is 33.0 Å². The van der Waals surface area contributed by atoms with Crippen molar-refractivity contribution in [2.24, 2.45) is 0 Å². The Morgan fingerprint density at radius 1 is 1.35 bits per heavy atom. The summed E-state index contributed by atoms with van der Waals surface area (Å²) < 4.78 is 1.97. The van der Waals surface area contributed by atoms with Gasteiger partial charge in [-0.05, 0) is 13.0 Å². The van der Waals surface area contributed by atoms with Gasteiger partial charge in [-0.15, -0.1) is 23.4 Å². The van der Waals surface area contributed by atoms with Crippen LogP contribution in [0.5, 0.6) is 0 Å². The van der Waals surface area contributed by atoms with Crippen LogP contribution in [0.4, 0.5) is 0 Å². The zero-order valence-corrected chi connectivity index (χ0v) is 14.0. The van der Waals surface area contributed by atoms with E-state index in [4.69, 9.17) is 0 Å². The van der Waals surface area contributed by atoms with Gasteiger partial charge in [0.15, 0.2) is 11.0 Å². The highest BCUT2D eigenvalue weighted by atomic mass is 32.2. The number of hydrogen-bond donors (Lipinski definition) is 1. The molecule has 23 heavy (non-hydrogen) atoms. The molecule has 0 radical (unpaired) electrons. The van der Waals surface area contributed by atoms with Gasteiger partial charge in [-0.3, -0.25) is 9.36 Å². The minimum atomic E-state index is -0.0554. The topological polar surface area (TPSA) is 59.8 Å². The van der Waals surface area contributed by atoms with Crippen molar-refractivity contribution < 1.29 is 4.79 Å². The highest BCUT2D eigenvalue weighted by Crippen LogP contribution is 2.24. The van der Waals surface area contributed by atoms with Gasteiger partial charge in [-0.2, -0.15) is 0 Å². The normalized spacial score (nSPS) is 10.3. The van der Waals surface area contributed by atoms with Crippen LogP contribution < -0.4 is 5.32 Å². The molecule has 1 amide bonds. The molecule has 5 nitrogen and oxygen atoms in total. The van der Waals surface area contributed by atoms with Gasteiger partial charge in [0, 0.05) is 18.7 Å². The van der Waals surface area contributed by atoms with Gasteiger partial charge in [0.1, 0.15) is 0 Å². The molecule has 1 aromatic carbocycles. The van der Waals surface area contributed by atoms with E-state index < -0.39 is 0 Å². The lowest BCUT2D eigenvalue weighted by Crippen LogP contribution is -2.25. The van der Waals surface area contributed by atoms with E-state index in [1.54, 1.807) is 12.2 Å². The maximum absolute atomic E-state index is 11.7. The molecule has 1 aromatic heterocycles. The van der Waals surface area contributed by atoms with Crippen molar-refractivity contribution in [3.8, 4) is 11.4 Å². The monoisotopic (exact) mass is 328 g/mol. The van der Waals surface area contributed by atoms with Crippen LogP contribution in [0.15, 0.2) is 54.7 Å². The summed E-state index contributed by atoms with van der Waals surface area (Å²) in [4.78, 5) is 11.7. The van der Waals surface area contributed by atoms with E-state index in [1.165, 1.54) is 11.8 Å². The number of hydrogen-bond acceptors (Lipinski definition) is 4. The van der Waals surface area contributed by atoms with Gasteiger partial charge in [0.25, 0.3) is 0 Å². The zero-order chi connectivity index (χ0) is 16.7. The number of rotatable bonds is 8. The molecule has 1 heterocycles. The number of nitrogens with one attached hydrogen (secondary N) is 1. The van der Waals surface area contributed by atoms with Gasteiger partial charge in [-0.25, -0.2) is 0 Å². The first-order valence-electron chi connectivity index (χ1n) is 7.27. The summed E-state index contributed by atoms with van der Waals surface area (Å²) >= 11 is 1.36. The number of thioether (sulfide) groups is 1. The van der Waals surface area contributed by atoms with Crippen LogP contribution >= 0.6 is 11.8 Å². The lowest BCUT2D eigenvalue weighted by Gasteiger charge is -2.08. The molecule has 0 saturated carbocycles. The number of carbonyl (C=O) groups is 1. The number of aryl methyl sites for hydroxylation is 1. The summed E-state index contributed by atoms with van der Waals surface area (Å²) in [5.74, 6) is 1.01. The van der Waals surface area contributed by atoms with Gasteiger partial charge in [0.2, 0.25) is 5.91 Å². The van der Waals surface area contributed by atoms with Crippen molar-refractivity contribution in [2.45, 2.75) is 18.6 Å². The molecule has 0 saturated heterocycles. The van der Waals surface area contributed by atoms with Crippen molar-refractivity contribution in [1.29, 1.82) is 0 Å². The standard InChI is InChI=1S/C17H20N4OS/c1-4-9-18-15(22)12-23-17-20-19-16(21(17)10-5-2)14-8-6-7-13(3)11-14/h4-8,11H,1-2,9-10,12H2,3H3,(H,18,22). The number of amides is 1. The van der Waals surface area contributed by atoms with Crippen LogP contribution in [0.2, 0.25) is 0 Å². The van der Waals surface area contributed by atoms with Crippen molar-refractivity contribution in [3.05, 3.63) is 55.1 Å². The Hall–Kier alpha value is -2.34. The summed E-state index contributed by atoms with van der Waals surface area (Å²) in [6.45, 7) is 10.5. The predicted octanol–water partition coefficient (Wildman–Crippen LogP) is 2.83. The molecule has 0 unspecified atom stereocenters. The maximum atomic E-state index is 11.7. The molecule has 2 rings (SSSR count). The van der Waals surface area contributed by atoms with Gasteiger partial charge in [0.05, 0.1) is 5.75 Å². The summed E-state index contributed by atoms with van der Waals surface area (Å²) in [7, 11) is 0. The smallest absolute Gasteiger partial charge is 0.230 e. The van der Waals surface area contributed by atoms with E-state index in [0.29, 0.717) is 18.2 Å². The van der Waals surface area contributed by atoms with E-state index in [2.05, 4.69) is 34.7 Å². The second-order valence-electron chi connectivity index (χ2n) is 4.96. The predicted molar refractivity (Wildman–Crippen MR) is 94.3 cm³/mol. The van der Waals surface area contributed by atoms with Crippen LogP contribution in [0.25, 0.3) is 11.4 Å². The molecule has 6 heteroatoms.